The Bertz CT molecular complexity index is 740. The van der Waals surface area contributed by atoms with Crippen molar-refractivity contribution >= 4 is 39.3 Å². The average Bonchev–Trinajstić information content (AvgIpc) is 3.01. The second-order valence-electron chi connectivity index (χ2n) is 4.88. The van der Waals surface area contributed by atoms with E-state index in [9.17, 15) is 14.4 Å². The van der Waals surface area contributed by atoms with Crippen molar-refractivity contribution in [3.05, 3.63) is 52.4 Å². The van der Waals surface area contributed by atoms with E-state index < -0.39 is 5.91 Å². The monoisotopic (exact) mass is 393 g/mol. The zero-order valence-corrected chi connectivity index (χ0v) is 14.5. The van der Waals surface area contributed by atoms with Gasteiger partial charge in [0.25, 0.3) is 5.91 Å². The minimum Gasteiger partial charge on any atom is -0.444 e. The van der Waals surface area contributed by atoms with Crippen LogP contribution >= 0.6 is 15.9 Å². The lowest BCUT2D eigenvalue weighted by Gasteiger charge is -2.07. The highest BCUT2D eigenvalue weighted by Gasteiger charge is 2.12. The van der Waals surface area contributed by atoms with Crippen molar-refractivity contribution in [2.45, 2.75) is 6.42 Å². The molecule has 0 aliphatic heterocycles. The van der Waals surface area contributed by atoms with Crippen LogP contribution in [0.15, 0.2) is 45.5 Å². The summed E-state index contributed by atoms with van der Waals surface area (Å²) >= 11 is 3.10. The van der Waals surface area contributed by atoms with Gasteiger partial charge in [0.05, 0.1) is 13.0 Å². The molecule has 0 radical (unpaired) electrons. The lowest BCUT2D eigenvalue weighted by atomic mass is 10.1. The minimum atomic E-state index is -0.475. The molecule has 2 aromatic rings. The van der Waals surface area contributed by atoms with Gasteiger partial charge in [-0.05, 0) is 45.8 Å². The van der Waals surface area contributed by atoms with Gasteiger partial charge in [-0.15, -0.1) is 0 Å². The first-order chi connectivity index (χ1) is 11.5. The topological polar surface area (TPSA) is 100 Å². The largest absolute Gasteiger partial charge is 0.444 e. The van der Waals surface area contributed by atoms with Crippen molar-refractivity contribution in [1.82, 2.24) is 10.6 Å². The van der Waals surface area contributed by atoms with Gasteiger partial charge in [0.15, 0.2) is 10.4 Å². The van der Waals surface area contributed by atoms with Crippen LogP contribution in [-0.2, 0) is 16.0 Å². The molecule has 8 heteroatoms. The number of anilines is 1. The van der Waals surface area contributed by atoms with E-state index in [1.54, 1.807) is 37.4 Å². The lowest BCUT2D eigenvalue weighted by Crippen LogP contribution is -2.32. The predicted molar refractivity (Wildman–Crippen MR) is 91.6 cm³/mol. The fourth-order valence-electron chi connectivity index (χ4n) is 1.87. The second-order valence-corrected chi connectivity index (χ2v) is 5.66. The molecule has 1 heterocycles. The highest BCUT2D eigenvalue weighted by atomic mass is 79.9. The zero-order chi connectivity index (χ0) is 17.5. The molecular weight excluding hydrogens is 378 g/mol. The van der Waals surface area contributed by atoms with Gasteiger partial charge in [-0.25, -0.2) is 0 Å². The molecule has 0 unspecified atom stereocenters. The summed E-state index contributed by atoms with van der Waals surface area (Å²) in [7, 11) is 1.58. The van der Waals surface area contributed by atoms with E-state index >= 15 is 0 Å². The fraction of sp³-hybridized carbons (Fsp3) is 0.188. The molecule has 1 aromatic heterocycles. The first-order valence-electron chi connectivity index (χ1n) is 7.11. The first-order valence-corrected chi connectivity index (χ1v) is 7.90. The maximum absolute atomic E-state index is 11.8. The van der Waals surface area contributed by atoms with E-state index in [0.717, 1.165) is 5.56 Å². The molecule has 24 heavy (non-hydrogen) atoms. The van der Waals surface area contributed by atoms with Gasteiger partial charge in [0.2, 0.25) is 11.8 Å². The molecule has 0 atom stereocenters. The highest BCUT2D eigenvalue weighted by molar-refractivity contribution is 9.10. The summed E-state index contributed by atoms with van der Waals surface area (Å²) < 4.78 is 5.53. The normalized spacial score (nSPS) is 10.1. The smallest absolute Gasteiger partial charge is 0.287 e. The van der Waals surface area contributed by atoms with E-state index in [1.165, 1.54) is 6.07 Å². The summed E-state index contributed by atoms with van der Waals surface area (Å²) in [6.07, 6.45) is 0.277. The summed E-state index contributed by atoms with van der Waals surface area (Å²) in [4.78, 5) is 34.9. The van der Waals surface area contributed by atoms with Gasteiger partial charge in [0.1, 0.15) is 0 Å². The van der Waals surface area contributed by atoms with Crippen molar-refractivity contribution in [2.24, 2.45) is 0 Å². The number of carbonyl (C=O) groups is 3. The molecule has 0 aliphatic rings. The SMILES string of the molecule is CNC(=O)Cc1ccc(NC(=O)CNC(=O)c2ccc(Br)o2)cc1. The van der Waals surface area contributed by atoms with Crippen LogP contribution in [0.25, 0.3) is 0 Å². The molecule has 3 N–H and O–H groups in total. The molecule has 7 nitrogen and oxygen atoms in total. The van der Waals surface area contributed by atoms with Crippen molar-refractivity contribution in [3.63, 3.8) is 0 Å². The molecule has 3 amide bonds. The predicted octanol–water partition coefficient (Wildman–Crippen LogP) is 1.70. The zero-order valence-electron chi connectivity index (χ0n) is 12.9. The summed E-state index contributed by atoms with van der Waals surface area (Å²) in [6, 6.07) is 9.99. The van der Waals surface area contributed by atoms with Crippen molar-refractivity contribution < 1.29 is 18.8 Å². The summed E-state index contributed by atoms with van der Waals surface area (Å²) in [5.74, 6) is -0.808. The standard InChI is InChI=1S/C16H16BrN3O4/c1-18-14(21)8-10-2-4-11(5-3-10)20-15(22)9-19-16(23)12-6-7-13(17)24-12/h2-7H,8-9H2,1H3,(H,18,21)(H,19,23)(H,20,22). The van der Waals surface area contributed by atoms with Crippen LogP contribution in [0.3, 0.4) is 0 Å². The Morgan fingerprint density at radius 2 is 1.75 bits per heavy atom. The quantitative estimate of drug-likeness (QED) is 0.694. The molecule has 0 spiro atoms. The molecule has 0 aliphatic carbocycles. The Morgan fingerprint density at radius 1 is 1.04 bits per heavy atom. The Kier molecular flexibility index (Phi) is 6.14. The number of hydrogen-bond donors (Lipinski definition) is 3. The molecule has 0 bridgehead atoms. The number of nitrogens with one attached hydrogen (secondary N) is 3. The second kappa shape index (κ2) is 8.30. The van der Waals surface area contributed by atoms with Gasteiger partial charge in [0, 0.05) is 12.7 Å². The van der Waals surface area contributed by atoms with E-state index in [4.69, 9.17) is 4.42 Å². The first kappa shape index (κ1) is 17.7. The van der Waals surface area contributed by atoms with E-state index in [1.807, 2.05) is 0 Å². The van der Waals surface area contributed by atoms with Crippen molar-refractivity contribution in [1.29, 1.82) is 0 Å². The van der Waals surface area contributed by atoms with Gasteiger partial charge in [-0.2, -0.15) is 0 Å². The summed E-state index contributed by atoms with van der Waals surface area (Å²) in [6.45, 7) is -0.183. The van der Waals surface area contributed by atoms with Crippen LogP contribution in [0, 0.1) is 0 Å². The number of hydrogen-bond acceptors (Lipinski definition) is 4. The van der Waals surface area contributed by atoms with E-state index in [2.05, 4.69) is 31.9 Å². The molecule has 126 valence electrons. The highest BCUT2D eigenvalue weighted by Crippen LogP contribution is 2.13. The fourth-order valence-corrected chi connectivity index (χ4v) is 2.18. The Hall–Kier alpha value is -2.61. The van der Waals surface area contributed by atoms with Gasteiger partial charge < -0.3 is 20.4 Å². The minimum absolute atomic E-state index is 0.0842. The molecule has 0 fully saturated rings. The molecule has 1 aromatic carbocycles. The van der Waals surface area contributed by atoms with Crippen LogP contribution in [-0.4, -0.2) is 31.3 Å². The lowest BCUT2D eigenvalue weighted by molar-refractivity contribution is -0.120. The molecule has 0 saturated carbocycles. The van der Waals surface area contributed by atoms with Gasteiger partial charge in [-0.1, -0.05) is 12.1 Å². The number of furan rings is 1. The Labute approximate surface area is 146 Å². The van der Waals surface area contributed by atoms with Gasteiger partial charge in [-0.3, -0.25) is 14.4 Å². The van der Waals surface area contributed by atoms with Crippen LogP contribution in [0.4, 0.5) is 5.69 Å². The maximum atomic E-state index is 11.8. The number of carbonyl (C=O) groups excluding carboxylic acids is 3. The summed E-state index contributed by atoms with van der Waals surface area (Å²) in [5, 5.41) is 7.66. The van der Waals surface area contributed by atoms with Crippen LogP contribution < -0.4 is 16.0 Å². The molecular formula is C16H16BrN3O4. The Balaban J connectivity index is 1.81. The number of halogens is 1. The third-order valence-corrected chi connectivity index (χ3v) is 3.51. The third kappa shape index (κ3) is 5.24. The molecule has 2 rings (SSSR count). The summed E-state index contributed by atoms with van der Waals surface area (Å²) in [5.41, 5.74) is 1.42. The average molecular weight is 394 g/mol. The molecule has 0 saturated heterocycles. The van der Waals surface area contributed by atoms with E-state index in [-0.39, 0.29) is 30.5 Å². The Morgan fingerprint density at radius 3 is 2.33 bits per heavy atom. The number of amides is 3. The van der Waals surface area contributed by atoms with Crippen molar-refractivity contribution in [3.8, 4) is 0 Å². The van der Waals surface area contributed by atoms with Crippen LogP contribution in [0.2, 0.25) is 0 Å². The number of benzene rings is 1. The van der Waals surface area contributed by atoms with E-state index in [0.29, 0.717) is 10.4 Å². The maximum Gasteiger partial charge on any atom is 0.287 e. The van der Waals surface area contributed by atoms with Gasteiger partial charge >= 0.3 is 0 Å². The number of likely N-dealkylation sites (N-methyl/N-ethyl adjacent to an activating group) is 1. The van der Waals surface area contributed by atoms with Crippen LogP contribution in [0.5, 0.6) is 0 Å². The van der Waals surface area contributed by atoms with Crippen molar-refractivity contribution in [2.75, 3.05) is 18.9 Å². The van der Waals surface area contributed by atoms with Crippen LogP contribution in [0.1, 0.15) is 16.1 Å². The third-order valence-electron chi connectivity index (χ3n) is 3.09. The number of rotatable bonds is 6.